The van der Waals surface area contributed by atoms with E-state index in [1.165, 1.54) is 0 Å². The molecule has 19 heteroatoms. The summed E-state index contributed by atoms with van der Waals surface area (Å²) in [5.41, 5.74) is 0. The van der Waals surface area contributed by atoms with E-state index in [9.17, 15) is 61.0 Å². The zero-order chi connectivity index (χ0) is 60.5. The molecule has 0 aromatic rings. The average molecular weight is 1170 g/mol. The summed E-state index contributed by atoms with van der Waals surface area (Å²) in [4.78, 5) is 13.3. The van der Waals surface area contributed by atoms with Crippen LogP contribution in [0.15, 0.2) is 134 Å². The van der Waals surface area contributed by atoms with Crippen molar-refractivity contribution in [3.8, 4) is 0 Å². The van der Waals surface area contributed by atoms with Gasteiger partial charge in [-0.2, -0.15) is 0 Å². The van der Waals surface area contributed by atoms with Crippen molar-refractivity contribution >= 4 is 5.91 Å². The molecular formula is C64H101NO18. The first-order valence-electron chi connectivity index (χ1n) is 29.9. The molecule has 0 aliphatic carbocycles. The minimum atomic E-state index is -1.99. The molecule has 0 aromatic heterocycles. The van der Waals surface area contributed by atoms with Gasteiger partial charge in [0.2, 0.25) is 5.91 Å². The highest BCUT2D eigenvalue weighted by molar-refractivity contribution is 5.76. The molecule has 19 nitrogen and oxygen atoms in total. The molecule has 3 heterocycles. The van der Waals surface area contributed by atoms with Gasteiger partial charge < -0.3 is 89.9 Å². The van der Waals surface area contributed by atoms with Gasteiger partial charge in [0.25, 0.3) is 0 Å². The molecule has 17 atom stereocenters. The Morgan fingerprint density at radius 3 is 1.34 bits per heavy atom. The van der Waals surface area contributed by atoms with Crippen LogP contribution in [-0.2, 0) is 33.2 Å². The van der Waals surface area contributed by atoms with Crippen LogP contribution in [0.3, 0.4) is 0 Å². The van der Waals surface area contributed by atoms with Crippen molar-refractivity contribution in [2.45, 2.75) is 234 Å². The van der Waals surface area contributed by atoms with E-state index < -0.39 is 131 Å². The van der Waals surface area contributed by atoms with E-state index in [1.807, 2.05) is 13.0 Å². The van der Waals surface area contributed by atoms with E-state index in [0.717, 1.165) is 96.3 Å². The fraction of sp³-hybridized carbons (Fsp3) is 0.641. The third kappa shape index (κ3) is 28.8. The second-order valence-electron chi connectivity index (χ2n) is 20.7. The maximum atomic E-state index is 13.3. The zero-order valence-corrected chi connectivity index (χ0v) is 48.9. The van der Waals surface area contributed by atoms with Crippen molar-refractivity contribution in [1.82, 2.24) is 5.32 Å². The maximum Gasteiger partial charge on any atom is 0.220 e. The van der Waals surface area contributed by atoms with Crippen LogP contribution in [0.1, 0.15) is 129 Å². The van der Waals surface area contributed by atoms with E-state index in [1.54, 1.807) is 12.2 Å². The fourth-order valence-corrected chi connectivity index (χ4v) is 9.12. The number of carbonyl (C=O) groups excluding carboxylic acids is 1. The van der Waals surface area contributed by atoms with Crippen LogP contribution >= 0.6 is 0 Å². The van der Waals surface area contributed by atoms with Gasteiger partial charge in [-0.05, 0) is 103 Å². The Morgan fingerprint density at radius 2 is 0.855 bits per heavy atom. The number of allylic oxidation sites excluding steroid dienone is 21. The minimum Gasteiger partial charge on any atom is -0.394 e. The Hall–Kier alpha value is -4.07. The van der Waals surface area contributed by atoms with E-state index in [0.29, 0.717) is 12.8 Å². The van der Waals surface area contributed by atoms with Crippen LogP contribution in [0.2, 0.25) is 0 Å². The standard InChI is InChI=1S/C64H101NO18/c1-3-5-7-9-11-13-14-15-16-17-18-19-20-21-22-23-24-25-26-27-28-29-30-31-32-34-36-38-40-42-52(70)65-47(48(69)41-39-37-35-33-12-10-8-6-4-2)46-78-62-58(76)55(73)60(50(44-67)80-62)83-64-59(77)56(74)61(51(45-68)81-64)82-63-57(75)54(72)53(71)49(43-66)79-63/h4-7,11-13,15-16,18-19,21-22,24-25,27-28,30-31,33,39,41,47-51,53-64,66-69,71-77H,3,8-10,14,17,20,23,26,29,32,34-38,40,42-46H2,1-2H3,(H,65,70)/b6-4+,7-5-,13-11-,16-15-,19-18-,22-21-,25-24-,28-27-,31-30-,33-12+,41-39+. The smallest absolute Gasteiger partial charge is 0.220 e. The summed E-state index contributed by atoms with van der Waals surface area (Å²) >= 11 is 0. The molecule has 3 rings (SSSR count). The highest BCUT2D eigenvalue weighted by Gasteiger charge is 2.53. The molecule has 0 saturated carbocycles. The van der Waals surface area contributed by atoms with Crippen molar-refractivity contribution in [3.05, 3.63) is 134 Å². The predicted octanol–water partition coefficient (Wildman–Crippen LogP) is 5.48. The number of aliphatic hydroxyl groups excluding tert-OH is 11. The van der Waals surface area contributed by atoms with Crippen molar-refractivity contribution in [2.24, 2.45) is 0 Å². The third-order valence-electron chi connectivity index (χ3n) is 14.0. The van der Waals surface area contributed by atoms with Crippen molar-refractivity contribution in [1.29, 1.82) is 0 Å². The summed E-state index contributed by atoms with van der Waals surface area (Å²) in [6.07, 6.45) is 34.8. The SMILES string of the molecule is C/C=C/CC/C=C/CC/C=C/C(O)C(COC1OC(CO)C(OC2OC(CO)C(OC3OC(CO)C(O)C(O)C3O)C(O)C2O)C(O)C1O)NC(=O)CCCCCC/C=C\C/C=C\C/C=C\C/C=C\C/C=C\C/C=C\C/C=C\C/C=C\CC. The molecule has 470 valence electrons. The summed E-state index contributed by atoms with van der Waals surface area (Å²) in [5.74, 6) is -0.326. The van der Waals surface area contributed by atoms with Gasteiger partial charge in [0.15, 0.2) is 18.9 Å². The monoisotopic (exact) mass is 1170 g/mol. The molecule has 3 fully saturated rings. The van der Waals surface area contributed by atoms with Crippen LogP contribution in [0.25, 0.3) is 0 Å². The molecule has 3 saturated heterocycles. The quantitative estimate of drug-likeness (QED) is 0.0267. The van der Waals surface area contributed by atoms with Crippen molar-refractivity contribution in [3.63, 3.8) is 0 Å². The number of carbonyl (C=O) groups is 1. The summed E-state index contributed by atoms with van der Waals surface area (Å²) in [5, 5.41) is 120. The van der Waals surface area contributed by atoms with Gasteiger partial charge in [0.05, 0.1) is 38.6 Å². The highest BCUT2D eigenvalue weighted by Crippen LogP contribution is 2.33. The molecule has 0 aromatic carbocycles. The topological polar surface area (TPSA) is 307 Å². The summed E-state index contributed by atoms with van der Waals surface area (Å²) < 4.78 is 34.1. The van der Waals surface area contributed by atoms with Gasteiger partial charge in [-0.3, -0.25) is 4.79 Å². The maximum absolute atomic E-state index is 13.3. The van der Waals surface area contributed by atoms with Gasteiger partial charge in [-0.15, -0.1) is 0 Å². The molecule has 3 aliphatic heterocycles. The summed E-state index contributed by atoms with van der Waals surface area (Å²) in [6.45, 7) is 1.27. The van der Waals surface area contributed by atoms with Crippen molar-refractivity contribution in [2.75, 3.05) is 26.4 Å². The number of amides is 1. The molecule has 17 unspecified atom stereocenters. The zero-order valence-electron chi connectivity index (χ0n) is 48.9. The van der Waals surface area contributed by atoms with E-state index in [-0.39, 0.29) is 12.3 Å². The first-order valence-corrected chi connectivity index (χ1v) is 29.9. The number of ether oxygens (including phenoxy) is 6. The lowest BCUT2D eigenvalue weighted by Crippen LogP contribution is -2.66. The molecular weight excluding hydrogens is 1070 g/mol. The van der Waals surface area contributed by atoms with Gasteiger partial charge in [-0.25, -0.2) is 0 Å². The Bertz CT molecular complexity index is 2030. The van der Waals surface area contributed by atoms with Crippen LogP contribution in [-0.4, -0.2) is 193 Å². The molecule has 83 heavy (non-hydrogen) atoms. The van der Waals surface area contributed by atoms with Gasteiger partial charge in [0, 0.05) is 6.42 Å². The molecule has 0 bridgehead atoms. The Labute approximate surface area is 492 Å². The van der Waals surface area contributed by atoms with E-state index >= 15 is 0 Å². The van der Waals surface area contributed by atoms with Crippen LogP contribution in [0, 0.1) is 0 Å². The lowest BCUT2D eigenvalue weighted by Gasteiger charge is -2.48. The molecule has 3 aliphatic rings. The Balaban J connectivity index is 1.43. The molecule has 12 N–H and O–H groups in total. The predicted molar refractivity (Wildman–Crippen MR) is 318 cm³/mol. The minimum absolute atomic E-state index is 0.191. The van der Waals surface area contributed by atoms with E-state index in [4.69, 9.17) is 28.4 Å². The fourth-order valence-electron chi connectivity index (χ4n) is 9.12. The first-order chi connectivity index (χ1) is 40.3. The Morgan fingerprint density at radius 1 is 0.458 bits per heavy atom. The lowest BCUT2D eigenvalue weighted by atomic mass is 9.96. The number of hydrogen-bond donors (Lipinski definition) is 12. The van der Waals surface area contributed by atoms with Gasteiger partial charge in [-0.1, -0.05) is 153 Å². The first kappa shape index (κ1) is 73.2. The Kier molecular flexibility index (Phi) is 39.9. The molecule has 0 radical (unpaired) electrons. The lowest BCUT2D eigenvalue weighted by molar-refractivity contribution is -0.379. The molecule has 0 spiro atoms. The van der Waals surface area contributed by atoms with Crippen molar-refractivity contribution < 1.29 is 89.4 Å². The van der Waals surface area contributed by atoms with Gasteiger partial charge in [0.1, 0.15) is 73.2 Å². The highest BCUT2D eigenvalue weighted by atomic mass is 16.8. The largest absolute Gasteiger partial charge is 0.394 e. The summed E-state index contributed by atoms with van der Waals surface area (Å²) in [7, 11) is 0. The number of nitrogens with one attached hydrogen (secondary N) is 1. The number of aliphatic hydroxyl groups is 11. The molecule has 1 amide bonds. The number of unbranched alkanes of at least 4 members (excludes halogenated alkanes) is 6. The van der Waals surface area contributed by atoms with Crippen LogP contribution < -0.4 is 5.32 Å². The second-order valence-corrected chi connectivity index (χ2v) is 20.7. The third-order valence-corrected chi connectivity index (χ3v) is 14.0. The number of rotatable bonds is 41. The van der Waals surface area contributed by atoms with Crippen LogP contribution in [0.4, 0.5) is 0 Å². The van der Waals surface area contributed by atoms with E-state index in [2.05, 4.69) is 128 Å². The van der Waals surface area contributed by atoms with Crippen LogP contribution in [0.5, 0.6) is 0 Å². The summed E-state index contributed by atoms with van der Waals surface area (Å²) in [6, 6.07) is -1.02. The normalized spacial score (nSPS) is 30.3. The second kappa shape index (κ2) is 45.3. The average Bonchev–Trinajstić information content (AvgIpc) is 3.25. The van der Waals surface area contributed by atoms with Gasteiger partial charge >= 0.3 is 0 Å². The number of hydrogen-bond acceptors (Lipinski definition) is 18.